The highest BCUT2D eigenvalue weighted by Crippen LogP contribution is 2.55. The predicted octanol–water partition coefficient (Wildman–Crippen LogP) is 0.835. The van der Waals surface area contributed by atoms with Gasteiger partial charge in [0, 0.05) is 70.5 Å². The molecule has 26 heavy (non-hydrogen) atoms. The molecule has 6 heteroatoms. The monoisotopic (exact) mass is 356 g/mol. The molecule has 0 radical (unpaired) electrons. The summed E-state index contributed by atoms with van der Waals surface area (Å²) in [4.78, 5) is 22.9. The maximum atomic E-state index is 12.1. The van der Waals surface area contributed by atoms with Crippen molar-refractivity contribution in [2.75, 3.05) is 46.3 Å². The number of ether oxygens (including phenoxy) is 1. The number of carbonyl (C=O) groups is 1. The maximum Gasteiger partial charge on any atom is 0.236 e. The van der Waals surface area contributed by atoms with E-state index in [2.05, 4.69) is 26.9 Å². The number of fused-ring (bicyclic) bond motifs is 1. The van der Waals surface area contributed by atoms with Crippen LogP contribution in [0.25, 0.3) is 0 Å². The van der Waals surface area contributed by atoms with Crippen molar-refractivity contribution in [1.82, 2.24) is 19.7 Å². The zero-order chi connectivity index (χ0) is 17.7. The Balaban J connectivity index is 1.27. The molecule has 0 N–H and O–H groups in total. The van der Waals surface area contributed by atoms with Crippen molar-refractivity contribution in [2.24, 2.45) is 11.8 Å². The van der Waals surface area contributed by atoms with Gasteiger partial charge in [0.15, 0.2) is 0 Å². The Kier molecular flexibility index (Phi) is 4.03. The molecular weight excluding hydrogens is 328 g/mol. The topological polar surface area (TPSA) is 48.9 Å². The number of likely N-dealkylation sites (N-methyl/N-ethyl adjacent to an activating group) is 1. The number of likely N-dealkylation sites (tertiary alicyclic amines) is 1. The fourth-order valence-electron chi connectivity index (χ4n) is 5.66. The van der Waals surface area contributed by atoms with Gasteiger partial charge in [-0.3, -0.25) is 19.6 Å². The van der Waals surface area contributed by atoms with Gasteiger partial charge in [-0.2, -0.15) is 0 Å². The van der Waals surface area contributed by atoms with E-state index in [4.69, 9.17) is 4.74 Å². The smallest absolute Gasteiger partial charge is 0.236 e. The molecule has 140 valence electrons. The Morgan fingerprint density at radius 1 is 1.27 bits per heavy atom. The molecule has 0 aromatic carbocycles. The van der Waals surface area contributed by atoms with Crippen LogP contribution >= 0.6 is 0 Å². The molecule has 1 amide bonds. The van der Waals surface area contributed by atoms with Gasteiger partial charge in [0.2, 0.25) is 5.91 Å². The summed E-state index contributed by atoms with van der Waals surface area (Å²) in [5.74, 6) is 1.43. The van der Waals surface area contributed by atoms with Crippen molar-refractivity contribution in [2.45, 2.75) is 31.1 Å². The van der Waals surface area contributed by atoms with Crippen LogP contribution in [0.5, 0.6) is 0 Å². The molecule has 1 spiro atoms. The van der Waals surface area contributed by atoms with E-state index in [9.17, 15) is 4.79 Å². The first-order valence-electron chi connectivity index (χ1n) is 9.88. The van der Waals surface area contributed by atoms with Crippen LogP contribution in [-0.2, 0) is 16.1 Å². The van der Waals surface area contributed by atoms with Crippen molar-refractivity contribution in [1.29, 1.82) is 0 Å². The Hall–Kier alpha value is -1.50. The van der Waals surface area contributed by atoms with E-state index in [0.717, 1.165) is 39.3 Å². The summed E-state index contributed by atoms with van der Waals surface area (Å²) >= 11 is 0. The van der Waals surface area contributed by atoms with Gasteiger partial charge in [0.25, 0.3) is 0 Å². The number of rotatable bonds is 4. The molecule has 4 aliphatic heterocycles. The van der Waals surface area contributed by atoms with Gasteiger partial charge in [-0.25, -0.2) is 0 Å². The second-order valence-electron chi connectivity index (χ2n) is 8.61. The van der Waals surface area contributed by atoms with Gasteiger partial charge < -0.3 is 9.64 Å². The molecular formula is C20H28N4O2. The van der Waals surface area contributed by atoms with Crippen LogP contribution in [0.15, 0.2) is 24.5 Å². The van der Waals surface area contributed by atoms with Gasteiger partial charge in [0.1, 0.15) is 0 Å². The minimum absolute atomic E-state index is 0.0684. The Bertz CT molecular complexity index is 684. The summed E-state index contributed by atoms with van der Waals surface area (Å²) in [6, 6.07) is 4.22. The number of carbonyl (C=O) groups excluding carboxylic acids is 1. The quantitative estimate of drug-likeness (QED) is 0.800. The van der Waals surface area contributed by atoms with E-state index in [1.165, 1.54) is 18.4 Å². The highest BCUT2D eigenvalue weighted by molar-refractivity contribution is 5.78. The van der Waals surface area contributed by atoms with Crippen LogP contribution in [0.3, 0.4) is 0 Å². The normalized spacial score (nSPS) is 37.5. The Morgan fingerprint density at radius 2 is 2.12 bits per heavy atom. The summed E-state index contributed by atoms with van der Waals surface area (Å²) in [5, 5.41) is 0. The fraction of sp³-hybridized carbons (Fsp3) is 0.700. The molecule has 4 atom stereocenters. The number of amides is 1. The second kappa shape index (κ2) is 6.29. The van der Waals surface area contributed by atoms with Crippen LogP contribution in [-0.4, -0.2) is 83.6 Å². The zero-order valence-electron chi connectivity index (χ0n) is 15.5. The molecule has 0 aliphatic carbocycles. The first-order chi connectivity index (χ1) is 12.6. The number of pyridine rings is 1. The van der Waals surface area contributed by atoms with Gasteiger partial charge >= 0.3 is 0 Å². The van der Waals surface area contributed by atoms with Crippen molar-refractivity contribution < 1.29 is 9.53 Å². The number of aromatic nitrogens is 1. The molecule has 0 unspecified atom stereocenters. The standard InChI is InChI=1S/C20H28N4O2/c1-22-8-9-23(13-19(22)25)11-16-17-12-24(10-15-3-6-21-7-4-15)14-20(17)5-2-18(16)26-20/h3-4,6-7,16-18H,2,5,8-14H2,1H3/t16-,17+,18+,20+/m0/s1. The van der Waals surface area contributed by atoms with E-state index < -0.39 is 0 Å². The average Bonchev–Trinajstić information content (AvgIpc) is 3.28. The summed E-state index contributed by atoms with van der Waals surface area (Å²) < 4.78 is 6.58. The third-order valence-electron chi connectivity index (χ3n) is 7.02. The molecule has 6 nitrogen and oxygen atoms in total. The van der Waals surface area contributed by atoms with Crippen LogP contribution in [0, 0.1) is 11.8 Å². The van der Waals surface area contributed by atoms with Crippen molar-refractivity contribution in [3.63, 3.8) is 0 Å². The highest BCUT2D eigenvalue weighted by Gasteiger charge is 2.62. The highest BCUT2D eigenvalue weighted by atomic mass is 16.5. The largest absolute Gasteiger partial charge is 0.370 e. The van der Waals surface area contributed by atoms with Crippen molar-refractivity contribution in [3.8, 4) is 0 Å². The van der Waals surface area contributed by atoms with Crippen molar-refractivity contribution >= 4 is 5.91 Å². The van der Waals surface area contributed by atoms with E-state index in [-0.39, 0.29) is 11.5 Å². The summed E-state index contributed by atoms with van der Waals surface area (Å²) in [7, 11) is 1.91. The lowest BCUT2D eigenvalue weighted by Crippen LogP contribution is -2.51. The summed E-state index contributed by atoms with van der Waals surface area (Å²) in [5.41, 5.74) is 1.39. The lowest BCUT2D eigenvalue weighted by Gasteiger charge is -2.37. The molecule has 0 saturated carbocycles. The van der Waals surface area contributed by atoms with Crippen molar-refractivity contribution in [3.05, 3.63) is 30.1 Å². The van der Waals surface area contributed by atoms with Gasteiger partial charge in [-0.1, -0.05) is 0 Å². The fourth-order valence-corrected chi connectivity index (χ4v) is 5.66. The van der Waals surface area contributed by atoms with E-state index in [1.54, 1.807) is 0 Å². The number of hydrogen-bond acceptors (Lipinski definition) is 5. The van der Waals surface area contributed by atoms with Crippen LogP contribution in [0.1, 0.15) is 18.4 Å². The Morgan fingerprint density at radius 3 is 2.92 bits per heavy atom. The number of hydrogen-bond donors (Lipinski definition) is 0. The molecule has 5 heterocycles. The van der Waals surface area contributed by atoms with Crippen LogP contribution in [0.4, 0.5) is 0 Å². The molecule has 1 aromatic heterocycles. The average molecular weight is 356 g/mol. The van der Waals surface area contributed by atoms with Gasteiger partial charge in [0.05, 0.1) is 18.2 Å². The molecule has 4 saturated heterocycles. The lowest BCUT2D eigenvalue weighted by atomic mass is 9.73. The molecule has 2 bridgehead atoms. The number of nitrogens with zero attached hydrogens (tertiary/aromatic N) is 4. The minimum Gasteiger partial charge on any atom is -0.370 e. The Labute approximate surface area is 155 Å². The third-order valence-corrected chi connectivity index (χ3v) is 7.02. The maximum absolute atomic E-state index is 12.1. The first kappa shape index (κ1) is 16.7. The molecule has 5 rings (SSSR count). The van der Waals surface area contributed by atoms with E-state index in [1.807, 2.05) is 24.3 Å². The van der Waals surface area contributed by atoms with Gasteiger partial charge in [-0.15, -0.1) is 0 Å². The third kappa shape index (κ3) is 2.75. The second-order valence-corrected chi connectivity index (χ2v) is 8.61. The van der Waals surface area contributed by atoms with Crippen LogP contribution in [0.2, 0.25) is 0 Å². The predicted molar refractivity (Wildman–Crippen MR) is 97.4 cm³/mol. The zero-order valence-corrected chi connectivity index (χ0v) is 15.5. The van der Waals surface area contributed by atoms with Crippen LogP contribution < -0.4 is 0 Å². The van der Waals surface area contributed by atoms with E-state index in [0.29, 0.717) is 24.5 Å². The molecule has 4 fully saturated rings. The summed E-state index contributed by atoms with van der Waals surface area (Å²) in [6.45, 7) is 6.57. The summed E-state index contributed by atoms with van der Waals surface area (Å²) in [6.07, 6.45) is 6.54. The molecule has 1 aromatic rings. The molecule has 4 aliphatic rings. The lowest BCUT2D eigenvalue weighted by molar-refractivity contribution is -0.134. The first-order valence-corrected chi connectivity index (χ1v) is 9.88. The van der Waals surface area contributed by atoms with E-state index >= 15 is 0 Å². The minimum atomic E-state index is 0.0684. The number of piperazine rings is 1. The SMILES string of the molecule is CN1CCN(C[C@H]2[C@H]3CN(Cc4ccncc4)C[C@]34CC[C@H]2O4)CC1=O. The van der Waals surface area contributed by atoms with Gasteiger partial charge in [-0.05, 0) is 30.5 Å².